The van der Waals surface area contributed by atoms with E-state index in [0.717, 1.165) is 5.56 Å². The lowest BCUT2D eigenvalue weighted by atomic mass is 9.98. The minimum Gasteiger partial charge on any atom is -0.497 e. The highest BCUT2D eigenvalue weighted by Crippen LogP contribution is 2.32. The average molecular weight is 296 g/mol. The molecule has 2 N–H and O–H groups in total. The third kappa shape index (κ3) is 2.86. The molecule has 0 saturated carbocycles. The molecule has 2 aromatic carbocycles. The molecule has 2 rings (SSSR count). The third-order valence-electron chi connectivity index (χ3n) is 3.07. The molecule has 1 unspecified atom stereocenters. The van der Waals surface area contributed by atoms with Crippen LogP contribution in [0.4, 0.5) is 4.39 Å². The molecule has 2 aromatic rings. The molecule has 5 heteroatoms. The molecule has 0 aliphatic carbocycles. The van der Waals surface area contributed by atoms with E-state index in [1.165, 1.54) is 12.1 Å². The van der Waals surface area contributed by atoms with Crippen molar-refractivity contribution in [1.82, 2.24) is 0 Å². The van der Waals surface area contributed by atoms with Crippen LogP contribution in [-0.2, 0) is 0 Å². The van der Waals surface area contributed by atoms with Gasteiger partial charge in [0.05, 0.1) is 25.3 Å². The van der Waals surface area contributed by atoms with E-state index >= 15 is 0 Å². The Kier molecular flexibility index (Phi) is 4.47. The molecular formula is C15H15ClFNO2. The van der Waals surface area contributed by atoms with Crippen LogP contribution in [0.3, 0.4) is 0 Å². The van der Waals surface area contributed by atoms with Gasteiger partial charge in [0.15, 0.2) is 0 Å². The summed E-state index contributed by atoms with van der Waals surface area (Å²) in [6.07, 6.45) is 0. The van der Waals surface area contributed by atoms with Gasteiger partial charge in [-0.25, -0.2) is 4.39 Å². The van der Waals surface area contributed by atoms with Crippen molar-refractivity contribution in [2.24, 2.45) is 5.73 Å². The lowest BCUT2D eigenvalue weighted by molar-refractivity contribution is 0.397. The van der Waals surface area contributed by atoms with E-state index < -0.39 is 11.9 Å². The van der Waals surface area contributed by atoms with Crippen molar-refractivity contribution in [3.05, 3.63) is 58.4 Å². The average Bonchev–Trinajstić information content (AvgIpc) is 2.48. The molecule has 0 spiro atoms. The molecule has 0 radical (unpaired) electrons. The molecular weight excluding hydrogens is 281 g/mol. The van der Waals surface area contributed by atoms with E-state index in [2.05, 4.69) is 0 Å². The van der Waals surface area contributed by atoms with Crippen molar-refractivity contribution >= 4 is 11.6 Å². The van der Waals surface area contributed by atoms with Gasteiger partial charge in [0.25, 0.3) is 0 Å². The van der Waals surface area contributed by atoms with Crippen LogP contribution in [0.15, 0.2) is 36.4 Å². The zero-order valence-corrected chi connectivity index (χ0v) is 11.9. The SMILES string of the molecule is COc1ccc(OC)c(C(N)c2ccc(F)c(Cl)c2)c1. The van der Waals surface area contributed by atoms with E-state index in [1.54, 1.807) is 38.5 Å². The van der Waals surface area contributed by atoms with Crippen molar-refractivity contribution in [3.8, 4) is 11.5 Å². The van der Waals surface area contributed by atoms with Crippen LogP contribution < -0.4 is 15.2 Å². The summed E-state index contributed by atoms with van der Waals surface area (Å²) in [4.78, 5) is 0. The van der Waals surface area contributed by atoms with Gasteiger partial charge in [-0.15, -0.1) is 0 Å². The van der Waals surface area contributed by atoms with E-state index in [4.69, 9.17) is 26.8 Å². The number of rotatable bonds is 4. The predicted molar refractivity (Wildman–Crippen MR) is 77.0 cm³/mol. The van der Waals surface area contributed by atoms with Gasteiger partial charge >= 0.3 is 0 Å². The Hall–Kier alpha value is -1.78. The minimum absolute atomic E-state index is 0.0415. The molecule has 0 saturated heterocycles. The molecule has 0 aromatic heterocycles. The quantitative estimate of drug-likeness (QED) is 0.938. The summed E-state index contributed by atoms with van der Waals surface area (Å²) < 4.78 is 23.7. The Morgan fingerprint density at radius 3 is 2.45 bits per heavy atom. The second-order valence-corrected chi connectivity index (χ2v) is 4.67. The predicted octanol–water partition coefficient (Wildman–Crippen LogP) is 3.54. The van der Waals surface area contributed by atoms with Gasteiger partial charge in [0.2, 0.25) is 0 Å². The summed E-state index contributed by atoms with van der Waals surface area (Å²) in [7, 11) is 3.14. The standard InChI is InChI=1S/C15H15ClFNO2/c1-19-10-4-6-14(20-2)11(8-10)15(18)9-3-5-13(17)12(16)7-9/h3-8,15H,18H2,1-2H3. The van der Waals surface area contributed by atoms with Crippen molar-refractivity contribution in [2.75, 3.05) is 14.2 Å². The Bertz CT molecular complexity index is 619. The van der Waals surface area contributed by atoms with Gasteiger partial charge in [-0.1, -0.05) is 17.7 Å². The molecule has 0 amide bonds. The highest BCUT2D eigenvalue weighted by molar-refractivity contribution is 6.30. The summed E-state index contributed by atoms with van der Waals surface area (Å²) in [5, 5.41) is 0.0415. The van der Waals surface area contributed by atoms with Crippen molar-refractivity contribution < 1.29 is 13.9 Å². The molecule has 0 bridgehead atoms. The highest BCUT2D eigenvalue weighted by atomic mass is 35.5. The summed E-state index contributed by atoms with van der Waals surface area (Å²) in [6.45, 7) is 0. The summed E-state index contributed by atoms with van der Waals surface area (Å²) in [6, 6.07) is 9.28. The molecule has 106 valence electrons. The van der Waals surface area contributed by atoms with Crippen LogP contribution in [0.2, 0.25) is 5.02 Å². The maximum Gasteiger partial charge on any atom is 0.141 e. The fourth-order valence-electron chi connectivity index (χ4n) is 1.97. The minimum atomic E-state index is -0.488. The van der Waals surface area contributed by atoms with Crippen molar-refractivity contribution in [1.29, 1.82) is 0 Å². The van der Waals surface area contributed by atoms with E-state index in [1.807, 2.05) is 0 Å². The maximum atomic E-state index is 13.2. The van der Waals surface area contributed by atoms with Gasteiger partial charge in [-0.2, -0.15) is 0 Å². The molecule has 1 atom stereocenters. The van der Waals surface area contributed by atoms with E-state index in [9.17, 15) is 4.39 Å². The Labute approximate surface area is 122 Å². The summed E-state index contributed by atoms with van der Waals surface area (Å²) in [5.74, 6) is 0.837. The fourth-order valence-corrected chi connectivity index (χ4v) is 2.16. The van der Waals surface area contributed by atoms with Crippen LogP contribution in [-0.4, -0.2) is 14.2 Å². The monoisotopic (exact) mass is 295 g/mol. The fraction of sp³-hybridized carbons (Fsp3) is 0.200. The second-order valence-electron chi connectivity index (χ2n) is 4.26. The lowest BCUT2D eigenvalue weighted by Crippen LogP contribution is -2.13. The second kappa shape index (κ2) is 6.11. The van der Waals surface area contributed by atoms with Gasteiger partial charge in [0, 0.05) is 5.56 Å². The van der Waals surface area contributed by atoms with Crippen LogP contribution in [0.5, 0.6) is 11.5 Å². The zero-order valence-electron chi connectivity index (χ0n) is 11.2. The first-order valence-electron chi connectivity index (χ1n) is 5.99. The summed E-state index contributed by atoms with van der Waals surface area (Å²) >= 11 is 5.79. The molecule has 20 heavy (non-hydrogen) atoms. The first kappa shape index (κ1) is 14.6. The number of ether oxygens (including phenoxy) is 2. The zero-order chi connectivity index (χ0) is 14.7. The van der Waals surface area contributed by atoms with Crippen molar-refractivity contribution in [2.45, 2.75) is 6.04 Å². The van der Waals surface area contributed by atoms with E-state index in [0.29, 0.717) is 17.1 Å². The van der Waals surface area contributed by atoms with Gasteiger partial charge in [0.1, 0.15) is 17.3 Å². The molecule has 0 aliphatic rings. The largest absolute Gasteiger partial charge is 0.497 e. The van der Waals surface area contributed by atoms with Gasteiger partial charge < -0.3 is 15.2 Å². The van der Waals surface area contributed by atoms with Gasteiger partial charge in [-0.3, -0.25) is 0 Å². The van der Waals surface area contributed by atoms with Crippen molar-refractivity contribution in [3.63, 3.8) is 0 Å². The first-order chi connectivity index (χ1) is 9.56. The topological polar surface area (TPSA) is 44.5 Å². The number of nitrogens with two attached hydrogens (primary N) is 1. The van der Waals surface area contributed by atoms with E-state index in [-0.39, 0.29) is 5.02 Å². The number of methoxy groups -OCH3 is 2. The van der Waals surface area contributed by atoms with Crippen LogP contribution in [0.1, 0.15) is 17.2 Å². The number of halogens is 2. The Morgan fingerprint density at radius 1 is 1.10 bits per heavy atom. The molecule has 3 nitrogen and oxygen atoms in total. The van der Waals surface area contributed by atoms with Crippen LogP contribution >= 0.6 is 11.6 Å². The first-order valence-corrected chi connectivity index (χ1v) is 6.37. The summed E-state index contributed by atoms with van der Waals surface area (Å²) in [5.41, 5.74) is 7.66. The molecule has 0 heterocycles. The molecule has 0 aliphatic heterocycles. The third-order valence-corrected chi connectivity index (χ3v) is 3.36. The number of hydrogen-bond donors (Lipinski definition) is 1. The normalized spacial score (nSPS) is 12.1. The van der Waals surface area contributed by atoms with Crippen LogP contribution in [0, 0.1) is 5.82 Å². The lowest BCUT2D eigenvalue weighted by Gasteiger charge is -2.17. The Balaban J connectivity index is 2.45. The number of benzene rings is 2. The van der Waals surface area contributed by atoms with Gasteiger partial charge in [-0.05, 0) is 35.9 Å². The maximum absolute atomic E-state index is 13.2. The molecule has 0 fully saturated rings. The number of hydrogen-bond acceptors (Lipinski definition) is 3. The smallest absolute Gasteiger partial charge is 0.141 e. The van der Waals surface area contributed by atoms with Crippen LogP contribution in [0.25, 0.3) is 0 Å². The highest BCUT2D eigenvalue weighted by Gasteiger charge is 2.16. The Morgan fingerprint density at radius 2 is 1.85 bits per heavy atom.